The minimum atomic E-state index is -0.429. The molecule has 2 aromatic rings. The SMILES string of the molecule is CC(=O)Oc1ccc(/C=N\n2c(=O)cn[nH]c2=S)cc1. The number of nitrogens with one attached hydrogen (secondary N) is 1. The van der Waals surface area contributed by atoms with E-state index in [1.807, 2.05) is 0 Å². The molecule has 2 rings (SSSR count). The minimum Gasteiger partial charge on any atom is -0.427 e. The lowest BCUT2D eigenvalue weighted by Crippen LogP contribution is -2.18. The van der Waals surface area contributed by atoms with Crippen LogP contribution in [0, 0.1) is 4.77 Å². The molecule has 0 saturated heterocycles. The van der Waals surface area contributed by atoms with Crippen molar-refractivity contribution >= 4 is 24.4 Å². The van der Waals surface area contributed by atoms with Gasteiger partial charge in [-0.1, -0.05) is 0 Å². The van der Waals surface area contributed by atoms with Gasteiger partial charge >= 0.3 is 5.97 Å². The molecule has 0 aliphatic heterocycles. The summed E-state index contributed by atoms with van der Waals surface area (Å²) >= 11 is 4.90. The van der Waals surface area contributed by atoms with Gasteiger partial charge in [0.1, 0.15) is 11.9 Å². The van der Waals surface area contributed by atoms with Crippen LogP contribution in [0.15, 0.2) is 40.4 Å². The van der Waals surface area contributed by atoms with Gasteiger partial charge in [-0.05, 0) is 42.0 Å². The van der Waals surface area contributed by atoms with E-state index in [0.717, 1.165) is 16.4 Å². The highest BCUT2D eigenvalue weighted by Gasteiger charge is 1.98. The average Bonchev–Trinajstić information content (AvgIpc) is 2.39. The van der Waals surface area contributed by atoms with Crippen LogP contribution in [0.1, 0.15) is 12.5 Å². The van der Waals surface area contributed by atoms with Gasteiger partial charge in [-0.25, -0.2) is 0 Å². The van der Waals surface area contributed by atoms with Crippen LogP contribution in [0.3, 0.4) is 0 Å². The van der Waals surface area contributed by atoms with Gasteiger partial charge in [0.15, 0.2) is 0 Å². The maximum absolute atomic E-state index is 11.5. The molecule has 0 aliphatic rings. The fourth-order valence-corrected chi connectivity index (χ4v) is 1.56. The van der Waals surface area contributed by atoms with Crippen LogP contribution in [0.2, 0.25) is 0 Å². The predicted octanol–water partition coefficient (Wildman–Crippen LogP) is 1.11. The largest absolute Gasteiger partial charge is 0.427 e. The van der Waals surface area contributed by atoms with Crippen LogP contribution in [0.5, 0.6) is 5.75 Å². The quantitative estimate of drug-likeness (QED) is 0.396. The van der Waals surface area contributed by atoms with Gasteiger partial charge in [0.05, 0.1) is 6.21 Å². The number of rotatable bonds is 3. The molecular formula is C12H10N4O3S. The maximum atomic E-state index is 11.5. The molecule has 1 aromatic heterocycles. The highest BCUT2D eigenvalue weighted by molar-refractivity contribution is 7.71. The summed E-state index contributed by atoms with van der Waals surface area (Å²) in [6, 6.07) is 6.64. The molecule has 1 aromatic carbocycles. The summed E-state index contributed by atoms with van der Waals surface area (Å²) in [5, 5.41) is 9.98. The summed E-state index contributed by atoms with van der Waals surface area (Å²) in [6.07, 6.45) is 2.54. The number of nitrogens with zero attached hydrogens (tertiary/aromatic N) is 3. The van der Waals surface area contributed by atoms with Crippen LogP contribution in [0.25, 0.3) is 0 Å². The molecule has 1 N–H and O–H groups in total. The molecule has 0 unspecified atom stereocenters. The number of carbonyl (C=O) groups excluding carboxylic acids is 1. The van der Waals surface area contributed by atoms with Gasteiger partial charge in [-0.2, -0.15) is 14.9 Å². The van der Waals surface area contributed by atoms with Crippen LogP contribution < -0.4 is 10.3 Å². The van der Waals surface area contributed by atoms with E-state index in [9.17, 15) is 9.59 Å². The standard InChI is InChI=1S/C12H10N4O3S/c1-8(17)19-10-4-2-9(3-5-10)6-14-16-11(18)7-13-15-12(16)20/h2-7H,1H3,(H,15,20)/b14-6-. The van der Waals surface area contributed by atoms with Crippen LogP contribution in [0.4, 0.5) is 0 Å². The summed E-state index contributed by atoms with van der Waals surface area (Å²) in [4.78, 5) is 22.3. The minimum absolute atomic E-state index is 0.102. The molecule has 8 heteroatoms. The van der Waals surface area contributed by atoms with Crippen molar-refractivity contribution in [2.75, 3.05) is 0 Å². The maximum Gasteiger partial charge on any atom is 0.308 e. The Balaban J connectivity index is 2.22. The number of aromatic amines is 1. The number of aromatic nitrogens is 3. The van der Waals surface area contributed by atoms with Gasteiger partial charge in [0.25, 0.3) is 5.56 Å². The molecule has 0 bridgehead atoms. The first-order valence-electron chi connectivity index (χ1n) is 5.56. The highest BCUT2D eigenvalue weighted by atomic mass is 32.1. The Morgan fingerprint density at radius 2 is 2.15 bits per heavy atom. The Morgan fingerprint density at radius 1 is 1.45 bits per heavy atom. The molecule has 102 valence electrons. The van der Waals surface area contributed by atoms with E-state index < -0.39 is 5.56 Å². The third-order valence-corrected chi connectivity index (χ3v) is 2.46. The first kappa shape index (κ1) is 13.8. The van der Waals surface area contributed by atoms with Gasteiger partial charge in [0.2, 0.25) is 4.77 Å². The molecule has 0 saturated carbocycles. The van der Waals surface area contributed by atoms with Crippen molar-refractivity contribution in [1.82, 2.24) is 14.9 Å². The Kier molecular flexibility index (Phi) is 4.16. The van der Waals surface area contributed by atoms with Crippen molar-refractivity contribution < 1.29 is 9.53 Å². The van der Waals surface area contributed by atoms with Gasteiger partial charge in [-0.3, -0.25) is 14.7 Å². The number of ether oxygens (including phenoxy) is 1. The molecule has 0 atom stereocenters. The first-order chi connectivity index (χ1) is 9.56. The molecule has 0 spiro atoms. The summed E-state index contributed by atoms with van der Waals surface area (Å²) in [5.74, 6) is 0.0501. The summed E-state index contributed by atoms with van der Waals surface area (Å²) in [7, 11) is 0. The summed E-state index contributed by atoms with van der Waals surface area (Å²) < 4.78 is 6.02. The van der Waals surface area contributed by atoms with Gasteiger partial charge in [-0.15, -0.1) is 0 Å². The van der Waals surface area contributed by atoms with E-state index in [4.69, 9.17) is 17.0 Å². The Hall–Kier alpha value is -2.61. The molecule has 20 heavy (non-hydrogen) atoms. The zero-order chi connectivity index (χ0) is 14.5. The van der Waals surface area contributed by atoms with E-state index in [1.54, 1.807) is 24.3 Å². The highest BCUT2D eigenvalue weighted by Crippen LogP contribution is 2.11. The smallest absolute Gasteiger partial charge is 0.308 e. The van der Waals surface area contributed by atoms with Crippen molar-refractivity contribution in [1.29, 1.82) is 0 Å². The molecule has 0 radical (unpaired) electrons. The van der Waals surface area contributed by atoms with E-state index in [1.165, 1.54) is 13.1 Å². The number of H-pyrrole nitrogens is 1. The van der Waals surface area contributed by atoms with Crippen molar-refractivity contribution in [3.8, 4) is 5.75 Å². The normalized spacial score (nSPS) is 10.7. The second kappa shape index (κ2) is 6.02. The number of hydrogen-bond donors (Lipinski definition) is 1. The number of hydrogen-bond acceptors (Lipinski definition) is 6. The molecule has 7 nitrogen and oxygen atoms in total. The number of esters is 1. The summed E-state index contributed by atoms with van der Waals surface area (Å²) in [6.45, 7) is 1.33. The average molecular weight is 290 g/mol. The second-order valence-corrected chi connectivity index (χ2v) is 4.12. The van der Waals surface area contributed by atoms with Crippen LogP contribution in [-0.2, 0) is 4.79 Å². The fraction of sp³-hybridized carbons (Fsp3) is 0.0833. The number of benzene rings is 1. The van der Waals surface area contributed by atoms with Gasteiger partial charge < -0.3 is 4.74 Å². The lowest BCUT2D eigenvalue weighted by atomic mass is 10.2. The topological polar surface area (TPSA) is 89.3 Å². The first-order valence-corrected chi connectivity index (χ1v) is 5.96. The zero-order valence-corrected chi connectivity index (χ0v) is 11.3. The Bertz CT molecular complexity index is 733. The second-order valence-electron chi connectivity index (χ2n) is 3.73. The Labute approximate surface area is 118 Å². The summed E-state index contributed by atoms with van der Waals surface area (Å²) in [5.41, 5.74) is 0.292. The zero-order valence-electron chi connectivity index (χ0n) is 10.4. The molecule has 0 aliphatic carbocycles. The fourth-order valence-electron chi connectivity index (χ4n) is 1.37. The van der Waals surface area contributed by atoms with Crippen molar-refractivity contribution in [3.63, 3.8) is 0 Å². The van der Waals surface area contributed by atoms with Gasteiger partial charge in [0, 0.05) is 6.92 Å². The van der Waals surface area contributed by atoms with Crippen molar-refractivity contribution in [3.05, 3.63) is 51.2 Å². The molecule has 0 fully saturated rings. The van der Waals surface area contributed by atoms with E-state index >= 15 is 0 Å². The molecule has 0 amide bonds. The molecular weight excluding hydrogens is 280 g/mol. The van der Waals surface area contributed by atoms with E-state index in [-0.39, 0.29) is 10.7 Å². The lowest BCUT2D eigenvalue weighted by molar-refractivity contribution is -0.131. The lowest BCUT2D eigenvalue weighted by Gasteiger charge is -2.01. The van der Waals surface area contributed by atoms with Crippen molar-refractivity contribution in [2.24, 2.45) is 5.10 Å². The number of carbonyl (C=O) groups is 1. The van der Waals surface area contributed by atoms with E-state index in [0.29, 0.717) is 5.75 Å². The third kappa shape index (κ3) is 3.45. The van der Waals surface area contributed by atoms with Crippen LogP contribution >= 0.6 is 12.2 Å². The predicted molar refractivity (Wildman–Crippen MR) is 74.4 cm³/mol. The van der Waals surface area contributed by atoms with Crippen molar-refractivity contribution in [2.45, 2.75) is 6.92 Å². The van der Waals surface area contributed by atoms with E-state index in [2.05, 4.69) is 15.3 Å². The monoisotopic (exact) mass is 290 g/mol. The van der Waals surface area contributed by atoms with Crippen LogP contribution in [-0.4, -0.2) is 27.1 Å². The molecule has 1 heterocycles. The Morgan fingerprint density at radius 3 is 2.75 bits per heavy atom. The third-order valence-electron chi connectivity index (χ3n) is 2.20.